The number of hydrogen-bond acceptors (Lipinski definition) is 4. The summed E-state index contributed by atoms with van der Waals surface area (Å²) in [5.74, 6) is -0.400. The second-order valence-corrected chi connectivity index (χ2v) is 6.90. The van der Waals surface area contributed by atoms with Crippen LogP contribution in [0.3, 0.4) is 0 Å². The van der Waals surface area contributed by atoms with Gasteiger partial charge in [0.1, 0.15) is 6.04 Å². The van der Waals surface area contributed by atoms with Gasteiger partial charge in [0.05, 0.1) is 6.54 Å². The Morgan fingerprint density at radius 2 is 1.67 bits per heavy atom. The molecule has 0 aliphatic carbocycles. The molecule has 1 aliphatic heterocycles. The van der Waals surface area contributed by atoms with Crippen molar-refractivity contribution < 1.29 is 9.59 Å². The zero-order valence-corrected chi connectivity index (χ0v) is 11.8. The van der Waals surface area contributed by atoms with Gasteiger partial charge in [-0.05, 0) is 10.8 Å². The Labute approximate surface area is 108 Å². The summed E-state index contributed by atoms with van der Waals surface area (Å²) in [7, 11) is 0. The fraction of sp³-hybridized carbons (Fsp3) is 0.846. The van der Waals surface area contributed by atoms with Crippen molar-refractivity contribution in [1.82, 2.24) is 4.90 Å². The molecule has 0 aromatic carbocycles. The Bertz CT molecular complexity index is 349. The number of nitrogens with zero attached hydrogens (tertiary/aromatic N) is 2. The van der Waals surface area contributed by atoms with Crippen LogP contribution in [0.15, 0.2) is 5.18 Å². The van der Waals surface area contributed by atoms with Gasteiger partial charge in [-0.15, -0.1) is 0 Å². The van der Waals surface area contributed by atoms with Crippen LogP contribution in [0.2, 0.25) is 0 Å². The number of imide groups is 1. The maximum atomic E-state index is 12.0. The maximum absolute atomic E-state index is 12.0. The van der Waals surface area contributed by atoms with Gasteiger partial charge in [-0.2, -0.15) is 4.91 Å². The molecule has 1 rings (SSSR count). The molecule has 102 valence electrons. The van der Waals surface area contributed by atoms with E-state index in [0.29, 0.717) is 12.8 Å². The van der Waals surface area contributed by atoms with Crippen LogP contribution in [0.4, 0.5) is 0 Å². The Hall–Kier alpha value is -1.26. The third-order valence-corrected chi connectivity index (χ3v) is 3.34. The first-order valence-corrected chi connectivity index (χ1v) is 6.22. The van der Waals surface area contributed by atoms with Crippen molar-refractivity contribution in [2.45, 2.75) is 53.5 Å². The predicted octanol–water partition coefficient (Wildman–Crippen LogP) is 2.34. The highest BCUT2D eigenvalue weighted by atomic mass is 16.3. The summed E-state index contributed by atoms with van der Waals surface area (Å²) < 4.78 is 0. The van der Waals surface area contributed by atoms with Crippen molar-refractivity contribution in [3.8, 4) is 0 Å². The molecule has 0 aromatic rings. The molecule has 1 atom stereocenters. The van der Waals surface area contributed by atoms with E-state index < -0.39 is 6.04 Å². The first kappa shape index (κ1) is 14.8. The van der Waals surface area contributed by atoms with E-state index in [9.17, 15) is 14.5 Å². The smallest absolute Gasteiger partial charge is 0.229 e. The number of carbonyl (C=O) groups is 2. The van der Waals surface area contributed by atoms with Crippen LogP contribution < -0.4 is 0 Å². The van der Waals surface area contributed by atoms with Gasteiger partial charge in [0.15, 0.2) is 0 Å². The van der Waals surface area contributed by atoms with Gasteiger partial charge in [-0.1, -0.05) is 39.8 Å². The molecule has 5 nitrogen and oxygen atoms in total. The van der Waals surface area contributed by atoms with Crippen molar-refractivity contribution >= 4 is 11.8 Å². The summed E-state index contributed by atoms with van der Waals surface area (Å²) in [6.07, 6.45) is 0.683. The number of nitroso groups, excluding NO2 is 1. The van der Waals surface area contributed by atoms with Gasteiger partial charge in [-0.3, -0.25) is 14.5 Å². The van der Waals surface area contributed by atoms with E-state index >= 15 is 0 Å². The summed E-state index contributed by atoms with van der Waals surface area (Å²) in [6.45, 7) is 9.53. The minimum Gasteiger partial charge on any atom is -0.280 e. The zero-order chi connectivity index (χ0) is 14.1. The molecule has 0 unspecified atom stereocenters. The molecule has 1 aliphatic rings. The molecule has 0 radical (unpaired) electrons. The molecule has 1 saturated heterocycles. The van der Waals surface area contributed by atoms with Gasteiger partial charge in [-0.25, -0.2) is 0 Å². The molecule has 2 amide bonds. The van der Waals surface area contributed by atoms with Crippen LogP contribution in [0.5, 0.6) is 0 Å². The average Bonchev–Trinajstić information content (AvgIpc) is 2.12. The monoisotopic (exact) mass is 254 g/mol. The van der Waals surface area contributed by atoms with E-state index in [0.717, 1.165) is 0 Å². The van der Waals surface area contributed by atoms with Crippen LogP contribution in [0.25, 0.3) is 0 Å². The molecular formula is C13H22N2O3. The lowest BCUT2D eigenvalue weighted by molar-refractivity contribution is -0.153. The molecule has 0 spiro atoms. The lowest BCUT2D eigenvalue weighted by atomic mass is 9.80. The summed E-state index contributed by atoms with van der Waals surface area (Å²) in [6, 6.07) is -0.563. The quantitative estimate of drug-likeness (QED) is 0.573. The van der Waals surface area contributed by atoms with Crippen molar-refractivity contribution in [2.75, 3.05) is 6.54 Å². The maximum Gasteiger partial charge on any atom is 0.229 e. The molecule has 1 fully saturated rings. The van der Waals surface area contributed by atoms with Crippen molar-refractivity contribution in [2.24, 2.45) is 16.0 Å². The van der Waals surface area contributed by atoms with Gasteiger partial charge in [0.25, 0.3) is 0 Å². The highest BCUT2D eigenvalue weighted by Gasteiger charge is 2.40. The van der Waals surface area contributed by atoms with E-state index in [2.05, 4.69) is 5.18 Å². The number of hydrogen-bond donors (Lipinski definition) is 0. The van der Waals surface area contributed by atoms with E-state index in [1.165, 1.54) is 4.90 Å². The second-order valence-electron chi connectivity index (χ2n) is 6.90. The summed E-state index contributed by atoms with van der Waals surface area (Å²) >= 11 is 0. The predicted molar refractivity (Wildman–Crippen MR) is 68.8 cm³/mol. The molecule has 0 bridgehead atoms. The highest BCUT2D eigenvalue weighted by Crippen LogP contribution is 2.33. The lowest BCUT2D eigenvalue weighted by Crippen LogP contribution is -2.50. The standard InChI is InChI=1S/C13H22N2O3/c1-12(2,3)9(14-18)8-15-10(16)6-13(4,5)7-11(15)17/h9H,6-8H2,1-5H3/t9-/m1/s1. The lowest BCUT2D eigenvalue weighted by Gasteiger charge is -2.37. The third-order valence-electron chi connectivity index (χ3n) is 3.34. The average molecular weight is 254 g/mol. The molecule has 0 N–H and O–H groups in total. The van der Waals surface area contributed by atoms with E-state index in [4.69, 9.17) is 0 Å². The Kier molecular flexibility index (Phi) is 3.93. The van der Waals surface area contributed by atoms with Crippen LogP contribution in [0.1, 0.15) is 47.5 Å². The fourth-order valence-corrected chi connectivity index (χ4v) is 2.05. The first-order chi connectivity index (χ1) is 8.07. The number of carbonyl (C=O) groups excluding carboxylic acids is 2. The molecular weight excluding hydrogens is 232 g/mol. The molecule has 18 heavy (non-hydrogen) atoms. The largest absolute Gasteiger partial charge is 0.280 e. The Morgan fingerprint density at radius 3 is 2.00 bits per heavy atom. The Balaban J connectivity index is 2.82. The minimum atomic E-state index is -0.563. The minimum absolute atomic E-state index is 0.0980. The van der Waals surface area contributed by atoms with Crippen LogP contribution in [-0.4, -0.2) is 29.3 Å². The topological polar surface area (TPSA) is 66.8 Å². The molecule has 0 aromatic heterocycles. The number of piperidine rings is 1. The van der Waals surface area contributed by atoms with Crippen molar-refractivity contribution in [3.05, 3.63) is 4.91 Å². The normalized spacial score (nSPS) is 21.9. The van der Waals surface area contributed by atoms with Gasteiger partial charge in [0.2, 0.25) is 11.8 Å². The fourth-order valence-electron chi connectivity index (χ4n) is 2.05. The summed E-state index contributed by atoms with van der Waals surface area (Å²) in [4.78, 5) is 36.0. The zero-order valence-electron chi connectivity index (χ0n) is 11.8. The molecule has 1 heterocycles. The van der Waals surface area contributed by atoms with Gasteiger partial charge in [0, 0.05) is 12.8 Å². The molecule has 5 heteroatoms. The van der Waals surface area contributed by atoms with Gasteiger partial charge < -0.3 is 0 Å². The second kappa shape index (κ2) is 4.78. The SMILES string of the molecule is CC1(C)CC(=O)N(C[C@@H](N=O)C(C)(C)C)C(=O)C1. The molecule has 0 saturated carbocycles. The van der Waals surface area contributed by atoms with Gasteiger partial charge >= 0.3 is 0 Å². The van der Waals surface area contributed by atoms with Crippen LogP contribution in [-0.2, 0) is 9.59 Å². The number of amides is 2. The summed E-state index contributed by atoms with van der Waals surface area (Å²) in [5, 5.41) is 3.06. The van der Waals surface area contributed by atoms with E-state index in [-0.39, 0.29) is 29.2 Å². The van der Waals surface area contributed by atoms with Crippen LogP contribution in [0, 0.1) is 15.7 Å². The Morgan fingerprint density at radius 1 is 1.22 bits per heavy atom. The first-order valence-electron chi connectivity index (χ1n) is 6.22. The highest BCUT2D eigenvalue weighted by molar-refractivity contribution is 5.98. The third kappa shape index (κ3) is 3.37. The van der Waals surface area contributed by atoms with Crippen molar-refractivity contribution in [1.29, 1.82) is 0 Å². The van der Waals surface area contributed by atoms with Crippen molar-refractivity contribution in [3.63, 3.8) is 0 Å². The van der Waals surface area contributed by atoms with Crippen LogP contribution >= 0.6 is 0 Å². The number of rotatable bonds is 3. The van der Waals surface area contributed by atoms with E-state index in [1.54, 1.807) is 0 Å². The number of likely N-dealkylation sites (tertiary alicyclic amines) is 1. The summed E-state index contributed by atoms with van der Waals surface area (Å²) in [5.41, 5.74) is -0.633. The van der Waals surface area contributed by atoms with E-state index in [1.807, 2.05) is 34.6 Å².